The molecule has 3 rings (SSSR count). The van der Waals surface area contributed by atoms with Crippen molar-refractivity contribution in [3.63, 3.8) is 0 Å². The Morgan fingerprint density at radius 2 is 2.05 bits per heavy atom. The molecule has 2 heterocycles. The van der Waals surface area contributed by atoms with Crippen LogP contribution >= 0.6 is 0 Å². The van der Waals surface area contributed by atoms with Crippen LogP contribution in [0, 0.1) is 0 Å². The van der Waals surface area contributed by atoms with Crippen molar-refractivity contribution in [3.8, 4) is 0 Å². The molecule has 6 heteroatoms. The maximum absolute atomic E-state index is 11.5. The van der Waals surface area contributed by atoms with Crippen molar-refractivity contribution >= 4 is 17.0 Å². The Bertz CT molecular complexity index is 672. The van der Waals surface area contributed by atoms with Crippen molar-refractivity contribution in [2.75, 3.05) is 31.3 Å². The van der Waals surface area contributed by atoms with Crippen molar-refractivity contribution in [1.82, 2.24) is 9.66 Å². The Morgan fingerprint density at radius 1 is 1.33 bits per heavy atom. The highest BCUT2D eigenvalue weighted by molar-refractivity contribution is 6.01. The van der Waals surface area contributed by atoms with Gasteiger partial charge in [-0.25, -0.2) is 14.5 Å². The van der Waals surface area contributed by atoms with Gasteiger partial charge in [0.15, 0.2) is 0 Å². The predicted octanol–water partition coefficient (Wildman–Crippen LogP) is 1.83. The van der Waals surface area contributed by atoms with Gasteiger partial charge in [-0.1, -0.05) is 19.9 Å². The molecule has 0 bridgehead atoms. The number of carboxylic acid groups (broad SMARTS) is 1. The zero-order chi connectivity index (χ0) is 15.0. The van der Waals surface area contributed by atoms with Crippen LogP contribution in [-0.2, 0) is 4.74 Å². The Hall–Kier alpha value is -2.08. The van der Waals surface area contributed by atoms with Crippen molar-refractivity contribution in [3.05, 3.63) is 29.6 Å². The van der Waals surface area contributed by atoms with Crippen molar-refractivity contribution in [1.29, 1.82) is 0 Å². The van der Waals surface area contributed by atoms with Gasteiger partial charge in [-0.3, -0.25) is 0 Å². The first-order valence-electron chi connectivity index (χ1n) is 7.17. The monoisotopic (exact) mass is 289 g/mol. The molecular formula is C15H19N3O3. The van der Waals surface area contributed by atoms with Crippen LogP contribution in [-0.4, -0.2) is 47.0 Å². The molecule has 1 N–H and O–H groups in total. The molecular weight excluding hydrogens is 270 g/mol. The van der Waals surface area contributed by atoms with E-state index in [1.165, 1.54) is 0 Å². The molecule has 21 heavy (non-hydrogen) atoms. The molecule has 0 atom stereocenters. The minimum Gasteiger partial charge on any atom is -0.478 e. The first-order valence-corrected chi connectivity index (χ1v) is 7.17. The summed E-state index contributed by atoms with van der Waals surface area (Å²) in [4.78, 5) is 16.2. The Balaban J connectivity index is 2.26. The third-order valence-corrected chi connectivity index (χ3v) is 3.70. The highest BCUT2D eigenvalue weighted by atomic mass is 16.5. The fourth-order valence-electron chi connectivity index (χ4n) is 2.72. The predicted molar refractivity (Wildman–Crippen MR) is 79.6 cm³/mol. The van der Waals surface area contributed by atoms with Crippen LogP contribution in [0.5, 0.6) is 0 Å². The van der Waals surface area contributed by atoms with Gasteiger partial charge < -0.3 is 14.9 Å². The smallest absolute Gasteiger partial charge is 0.337 e. The normalized spacial score (nSPS) is 15.9. The fourth-order valence-corrected chi connectivity index (χ4v) is 2.72. The van der Waals surface area contributed by atoms with E-state index < -0.39 is 5.97 Å². The summed E-state index contributed by atoms with van der Waals surface area (Å²) in [6.45, 7) is 6.90. The molecule has 1 aliphatic rings. The number of aromatic carboxylic acids is 1. The number of fused-ring (bicyclic) bond motifs is 1. The van der Waals surface area contributed by atoms with Gasteiger partial charge in [0.25, 0.3) is 0 Å². The van der Waals surface area contributed by atoms with Gasteiger partial charge >= 0.3 is 5.97 Å². The number of benzene rings is 1. The lowest BCUT2D eigenvalue weighted by molar-refractivity contribution is 0.0698. The molecule has 1 fully saturated rings. The number of hydrogen-bond acceptors (Lipinski definition) is 4. The molecule has 2 aromatic rings. The van der Waals surface area contributed by atoms with Crippen molar-refractivity contribution in [2.45, 2.75) is 19.8 Å². The Morgan fingerprint density at radius 3 is 2.67 bits per heavy atom. The average molecular weight is 289 g/mol. The van der Waals surface area contributed by atoms with E-state index in [-0.39, 0.29) is 5.92 Å². The second kappa shape index (κ2) is 5.37. The van der Waals surface area contributed by atoms with E-state index in [0.29, 0.717) is 24.3 Å². The minimum atomic E-state index is -0.926. The van der Waals surface area contributed by atoms with E-state index in [0.717, 1.165) is 24.4 Å². The molecule has 1 saturated heterocycles. The average Bonchev–Trinajstić information content (AvgIpc) is 2.87. The van der Waals surface area contributed by atoms with Crippen LogP contribution in [0.4, 0.5) is 0 Å². The van der Waals surface area contributed by atoms with Gasteiger partial charge in [-0.15, -0.1) is 0 Å². The summed E-state index contributed by atoms with van der Waals surface area (Å²) in [6, 6.07) is 5.24. The number of ether oxygens (including phenoxy) is 1. The molecule has 1 aromatic heterocycles. The minimum absolute atomic E-state index is 0.210. The SMILES string of the molecule is CC(C)c1nc2cccc(C(=O)O)c2n1N1CCOCC1. The van der Waals surface area contributed by atoms with Crippen LogP contribution in [0.25, 0.3) is 11.0 Å². The van der Waals surface area contributed by atoms with Gasteiger partial charge in [-0.2, -0.15) is 0 Å². The summed E-state index contributed by atoms with van der Waals surface area (Å²) < 4.78 is 7.37. The molecule has 112 valence electrons. The summed E-state index contributed by atoms with van der Waals surface area (Å²) in [5.74, 6) is 0.174. The molecule has 1 aliphatic heterocycles. The molecule has 0 spiro atoms. The van der Waals surface area contributed by atoms with E-state index >= 15 is 0 Å². The second-order valence-corrected chi connectivity index (χ2v) is 5.48. The van der Waals surface area contributed by atoms with E-state index in [4.69, 9.17) is 4.74 Å². The number of nitrogens with zero attached hydrogens (tertiary/aromatic N) is 3. The van der Waals surface area contributed by atoms with Crippen LogP contribution in [0.3, 0.4) is 0 Å². The standard InChI is InChI=1S/C15H19N3O3/c1-10(2)14-16-12-5-3-4-11(15(19)20)13(12)18(14)17-6-8-21-9-7-17/h3-5,10H,6-9H2,1-2H3,(H,19,20). The summed E-state index contributed by atoms with van der Waals surface area (Å²) in [5.41, 5.74) is 1.69. The fraction of sp³-hybridized carbons (Fsp3) is 0.467. The van der Waals surface area contributed by atoms with E-state index in [1.807, 2.05) is 10.7 Å². The summed E-state index contributed by atoms with van der Waals surface area (Å²) >= 11 is 0. The molecule has 0 radical (unpaired) electrons. The highest BCUT2D eigenvalue weighted by Crippen LogP contribution is 2.25. The lowest BCUT2D eigenvalue weighted by Crippen LogP contribution is -2.45. The van der Waals surface area contributed by atoms with Gasteiger partial charge in [0.05, 0.1) is 37.4 Å². The molecule has 0 amide bonds. The van der Waals surface area contributed by atoms with Crippen LogP contribution in [0.15, 0.2) is 18.2 Å². The summed E-state index contributed by atoms with van der Waals surface area (Å²) in [6.07, 6.45) is 0. The van der Waals surface area contributed by atoms with Crippen LogP contribution in [0.1, 0.15) is 35.9 Å². The lowest BCUT2D eigenvalue weighted by Gasteiger charge is -2.32. The number of rotatable bonds is 3. The summed E-state index contributed by atoms with van der Waals surface area (Å²) in [5, 5.41) is 11.6. The third-order valence-electron chi connectivity index (χ3n) is 3.70. The van der Waals surface area contributed by atoms with E-state index in [1.54, 1.807) is 12.1 Å². The largest absolute Gasteiger partial charge is 0.478 e. The third kappa shape index (κ3) is 2.35. The molecule has 1 aromatic carbocycles. The lowest BCUT2D eigenvalue weighted by atomic mass is 10.2. The van der Waals surface area contributed by atoms with Gasteiger partial charge in [0.2, 0.25) is 0 Å². The van der Waals surface area contributed by atoms with Gasteiger partial charge in [0.1, 0.15) is 11.3 Å². The number of carboxylic acids is 1. The second-order valence-electron chi connectivity index (χ2n) is 5.48. The van der Waals surface area contributed by atoms with E-state index in [9.17, 15) is 9.90 Å². The van der Waals surface area contributed by atoms with Gasteiger partial charge in [0, 0.05) is 5.92 Å². The van der Waals surface area contributed by atoms with E-state index in [2.05, 4.69) is 23.8 Å². The zero-order valence-corrected chi connectivity index (χ0v) is 12.2. The quantitative estimate of drug-likeness (QED) is 0.933. The van der Waals surface area contributed by atoms with Crippen molar-refractivity contribution in [2.24, 2.45) is 0 Å². The number of hydrogen-bond donors (Lipinski definition) is 1. The highest BCUT2D eigenvalue weighted by Gasteiger charge is 2.23. The van der Waals surface area contributed by atoms with Crippen molar-refractivity contribution < 1.29 is 14.6 Å². The number of para-hydroxylation sites is 1. The molecule has 0 unspecified atom stereocenters. The number of morpholine rings is 1. The Labute approximate surface area is 122 Å². The maximum atomic E-state index is 11.5. The first-order chi connectivity index (χ1) is 10.1. The molecule has 0 aliphatic carbocycles. The first kappa shape index (κ1) is 13.9. The maximum Gasteiger partial charge on any atom is 0.337 e. The number of carbonyl (C=O) groups is 1. The van der Waals surface area contributed by atoms with Crippen LogP contribution in [0.2, 0.25) is 0 Å². The topological polar surface area (TPSA) is 67.6 Å². The van der Waals surface area contributed by atoms with Crippen LogP contribution < -0.4 is 5.01 Å². The zero-order valence-electron chi connectivity index (χ0n) is 12.2. The van der Waals surface area contributed by atoms with Gasteiger partial charge in [-0.05, 0) is 12.1 Å². The number of aromatic nitrogens is 2. The Kier molecular flexibility index (Phi) is 3.55. The summed E-state index contributed by atoms with van der Waals surface area (Å²) in [7, 11) is 0. The number of imidazole rings is 1. The molecule has 0 saturated carbocycles. The molecule has 6 nitrogen and oxygen atoms in total.